The molecule has 0 spiro atoms. The molecule has 74 valence electrons. The fraction of sp³-hybridized carbons (Fsp3) is 0.125. The first-order valence-electron chi connectivity index (χ1n) is 3.90. The molecule has 0 saturated heterocycles. The Labute approximate surface area is 81.0 Å². The van der Waals surface area contributed by atoms with Crippen LogP contribution in [0.4, 0.5) is 5.69 Å². The molecule has 1 aromatic rings. The van der Waals surface area contributed by atoms with E-state index in [2.05, 4.69) is 0 Å². The third kappa shape index (κ3) is 1.00. The molecule has 0 aliphatic carbocycles. The standard InChI is InChI=1S/C8H8N2O3S/c1-4-5(9)2-3-6-7(4)8(11)10-14(6,12)13/h2-3H,9H2,1H3,(H,10,11). The zero-order valence-electron chi connectivity index (χ0n) is 7.37. The monoisotopic (exact) mass is 212 g/mol. The Morgan fingerprint density at radius 2 is 2.00 bits per heavy atom. The highest BCUT2D eigenvalue weighted by molar-refractivity contribution is 7.90. The van der Waals surface area contributed by atoms with Gasteiger partial charge in [-0.05, 0) is 24.6 Å². The summed E-state index contributed by atoms with van der Waals surface area (Å²) in [7, 11) is -3.65. The Morgan fingerprint density at radius 1 is 1.36 bits per heavy atom. The van der Waals surface area contributed by atoms with Crippen molar-refractivity contribution in [3.63, 3.8) is 0 Å². The summed E-state index contributed by atoms with van der Waals surface area (Å²) in [5.41, 5.74) is 6.64. The quantitative estimate of drug-likeness (QED) is 0.593. The number of nitrogens with one attached hydrogen (secondary N) is 1. The van der Waals surface area contributed by atoms with Crippen LogP contribution in [0, 0.1) is 6.92 Å². The number of fused-ring (bicyclic) bond motifs is 1. The van der Waals surface area contributed by atoms with E-state index in [1.807, 2.05) is 4.72 Å². The highest BCUT2D eigenvalue weighted by Gasteiger charge is 2.34. The number of nitrogens with two attached hydrogens (primary N) is 1. The van der Waals surface area contributed by atoms with E-state index in [1.54, 1.807) is 6.92 Å². The molecule has 6 heteroatoms. The Balaban J connectivity index is 2.89. The molecule has 3 N–H and O–H groups in total. The normalized spacial score (nSPS) is 17.6. The summed E-state index contributed by atoms with van der Waals surface area (Å²) in [6, 6.07) is 2.82. The maximum absolute atomic E-state index is 11.4. The molecule has 1 aliphatic heterocycles. The van der Waals surface area contributed by atoms with Crippen LogP contribution in [0.25, 0.3) is 0 Å². The molecule has 1 amide bonds. The summed E-state index contributed by atoms with van der Waals surface area (Å²) in [5.74, 6) is -0.607. The third-order valence-electron chi connectivity index (χ3n) is 2.21. The zero-order chi connectivity index (χ0) is 10.5. The SMILES string of the molecule is Cc1c(N)ccc2c1C(=O)NS2(=O)=O. The van der Waals surface area contributed by atoms with Crippen LogP contribution in [-0.4, -0.2) is 14.3 Å². The third-order valence-corrected chi connectivity index (χ3v) is 3.59. The number of carbonyl (C=O) groups is 1. The number of rotatable bonds is 0. The topological polar surface area (TPSA) is 89.3 Å². The number of hydrogen-bond donors (Lipinski definition) is 2. The lowest BCUT2D eigenvalue weighted by atomic mass is 10.1. The van der Waals surface area contributed by atoms with E-state index in [-0.39, 0.29) is 10.5 Å². The Hall–Kier alpha value is -1.56. The predicted molar refractivity (Wildman–Crippen MR) is 50.2 cm³/mol. The van der Waals surface area contributed by atoms with E-state index < -0.39 is 15.9 Å². The van der Waals surface area contributed by atoms with Crippen LogP contribution in [0.15, 0.2) is 17.0 Å². The first-order valence-corrected chi connectivity index (χ1v) is 5.38. The molecular weight excluding hydrogens is 204 g/mol. The van der Waals surface area contributed by atoms with E-state index in [0.29, 0.717) is 11.3 Å². The van der Waals surface area contributed by atoms with Gasteiger partial charge in [-0.15, -0.1) is 0 Å². The molecular formula is C8H8N2O3S. The molecule has 0 unspecified atom stereocenters. The van der Waals surface area contributed by atoms with E-state index in [9.17, 15) is 13.2 Å². The van der Waals surface area contributed by atoms with Crippen molar-refractivity contribution < 1.29 is 13.2 Å². The van der Waals surface area contributed by atoms with E-state index >= 15 is 0 Å². The van der Waals surface area contributed by atoms with E-state index in [0.717, 1.165) is 0 Å². The van der Waals surface area contributed by atoms with E-state index in [4.69, 9.17) is 5.73 Å². The summed E-state index contributed by atoms with van der Waals surface area (Å²) in [6.07, 6.45) is 0. The van der Waals surface area contributed by atoms with Crippen LogP contribution in [0.2, 0.25) is 0 Å². The lowest BCUT2D eigenvalue weighted by molar-refractivity contribution is 0.0984. The van der Waals surface area contributed by atoms with Crippen molar-refractivity contribution in [2.75, 3.05) is 5.73 Å². The highest BCUT2D eigenvalue weighted by Crippen LogP contribution is 2.28. The molecule has 1 heterocycles. The number of sulfonamides is 1. The van der Waals surface area contributed by atoms with Crippen molar-refractivity contribution in [2.24, 2.45) is 0 Å². The predicted octanol–water partition coefficient (Wildman–Crippen LogP) is 0.00932. The van der Waals surface area contributed by atoms with Gasteiger partial charge in [0.1, 0.15) is 4.90 Å². The molecule has 0 radical (unpaired) electrons. The Morgan fingerprint density at radius 3 is 2.64 bits per heavy atom. The molecule has 2 rings (SSSR count). The number of nitrogen functional groups attached to an aromatic ring is 1. The molecule has 0 bridgehead atoms. The van der Waals surface area contributed by atoms with Crippen molar-refractivity contribution in [3.8, 4) is 0 Å². The maximum Gasteiger partial charge on any atom is 0.266 e. The lowest BCUT2D eigenvalue weighted by Gasteiger charge is -2.02. The minimum absolute atomic E-state index is 0.00852. The van der Waals surface area contributed by atoms with Gasteiger partial charge in [0.05, 0.1) is 5.56 Å². The van der Waals surface area contributed by atoms with Crippen molar-refractivity contribution in [1.82, 2.24) is 4.72 Å². The average molecular weight is 212 g/mol. The number of amides is 1. The van der Waals surface area contributed by atoms with Gasteiger partial charge in [0.15, 0.2) is 0 Å². The summed E-state index contributed by atoms with van der Waals surface area (Å²) < 4.78 is 24.6. The van der Waals surface area contributed by atoms with Gasteiger partial charge >= 0.3 is 0 Å². The molecule has 0 saturated carbocycles. The van der Waals surface area contributed by atoms with Crippen molar-refractivity contribution in [2.45, 2.75) is 11.8 Å². The summed E-state index contributed by atoms with van der Waals surface area (Å²) in [6.45, 7) is 1.62. The molecule has 1 aliphatic rings. The fourth-order valence-electron chi connectivity index (χ4n) is 1.44. The van der Waals surface area contributed by atoms with Crippen LogP contribution in [0.1, 0.15) is 15.9 Å². The first-order chi connectivity index (χ1) is 6.43. The van der Waals surface area contributed by atoms with Crippen LogP contribution >= 0.6 is 0 Å². The number of anilines is 1. The van der Waals surface area contributed by atoms with Crippen molar-refractivity contribution in [1.29, 1.82) is 0 Å². The van der Waals surface area contributed by atoms with Gasteiger partial charge in [-0.3, -0.25) is 4.79 Å². The Bertz CT molecular complexity index is 534. The Kier molecular flexibility index (Phi) is 1.59. The molecule has 0 aromatic heterocycles. The molecule has 0 fully saturated rings. The molecule has 0 atom stereocenters. The number of benzene rings is 1. The first kappa shape index (κ1) is 9.01. The second-order valence-electron chi connectivity index (χ2n) is 3.09. The van der Waals surface area contributed by atoms with Crippen LogP contribution < -0.4 is 10.5 Å². The van der Waals surface area contributed by atoms with Gasteiger partial charge in [-0.1, -0.05) is 0 Å². The maximum atomic E-state index is 11.4. The van der Waals surface area contributed by atoms with Gasteiger partial charge < -0.3 is 5.73 Å². The van der Waals surface area contributed by atoms with Crippen molar-refractivity contribution >= 4 is 21.6 Å². The van der Waals surface area contributed by atoms with Gasteiger partial charge in [-0.2, -0.15) is 0 Å². The van der Waals surface area contributed by atoms with Crippen molar-refractivity contribution in [3.05, 3.63) is 23.3 Å². The van der Waals surface area contributed by atoms with Gasteiger partial charge in [0.25, 0.3) is 15.9 Å². The van der Waals surface area contributed by atoms with Gasteiger partial charge in [0, 0.05) is 5.69 Å². The summed E-state index contributed by atoms with van der Waals surface area (Å²) in [4.78, 5) is 11.3. The highest BCUT2D eigenvalue weighted by atomic mass is 32.2. The average Bonchev–Trinajstić information content (AvgIpc) is 2.29. The molecule has 5 nitrogen and oxygen atoms in total. The van der Waals surface area contributed by atoms with Crippen LogP contribution in [0.3, 0.4) is 0 Å². The van der Waals surface area contributed by atoms with Crippen LogP contribution in [0.5, 0.6) is 0 Å². The van der Waals surface area contributed by atoms with Gasteiger partial charge in [-0.25, -0.2) is 13.1 Å². The second kappa shape index (κ2) is 2.48. The minimum Gasteiger partial charge on any atom is -0.398 e. The second-order valence-corrected chi connectivity index (χ2v) is 4.74. The van der Waals surface area contributed by atoms with Crippen LogP contribution in [-0.2, 0) is 10.0 Å². The summed E-state index contributed by atoms with van der Waals surface area (Å²) in [5, 5.41) is 0. The summed E-state index contributed by atoms with van der Waals surface area (Å²) >= 11 is 0. The number of carbonyl (C=O) groups excluding carboxylic acids is 1. The smallest absolute Gasteiger partial charge is 0.266 e. The lowest BCUT2D eigenvalue weighted by Crippen LogP contribution is -2.21. The zero-order valence-corrected chi connectivity index (χ0v) is 8.18. The molecule has 1 aromatic carbocycles. The number of hydrogen-bond acceptors (Lipinski definition) is 4. The largest absolute Gasteiger partial charge is 0.398 e. The van der Waals surface area contributed by atoms with E-state index in [1.165, 1.54) is 12.1 Å². The fourth-order valence-corrected chi connectivity index (χ4v) is 2.65. The minimum atomic E-state index is -3.65. The van der Waals surface area contributed by atoms with Gasteiger partial charge in [0.2, 0.25) is 0 Å². The molecule has 14 heavy (non-hydrogen) atoms.